The van der Waals surface area contributed by atoms with Gasteiger partial charge in [-0.05, 0) is 6.07 Å². The predicted octanol–water partition coefficient (Wildman–Crippen LogP) is 0.532. The van der Waals surface area contributed by atoms with Gasteiger partial charge in [0.05, 0.1) is 13.2 Å². The molecule has 0 aliphatic heterocycles. The summed E-state index contributed by atoms with van der Waals surface area (Å²) in [5.74, 6) is -1.95. The largest absolute Gasteiger partial charge is 0.394 e. The molecular formula is C8H9F2NO2. The van der Waals surface area contributed by atoms with Crippen LogP contribution in [0.3, 0.4) is 0 Å². The summed E-state index contributed by atoms with van der Waals surface area (Å²) in [4.78, 5) is 0. The van der Waals surface area contributed by atoms with Crippen LogP contribution in [-0.2, 0) is 13.2 Å². The van der Waals surface area contributed by atoms with Gasteiger partial charge in [-0.25, -0.2) is 8.78 Å². The maximum atomic E-state index is 13.0. The fourth-order valence-corrected chi connectivity index (χ4v) is 1.01. The molecule has 13 heavy (non-hydrogen) atoms. The summed E-state index contributed by atoms with van der Waals surface area (Å²) in [5, 5.41) is 17.3. The Hall–Kier alpha value is -1.20. The van der Waals surface area contributed by atoms with E-state index in [0.717, 1.165) is 6.07 Å². The highest BCUT2D eigenvalue weighted by molar-refractivity contribution is 5.48. The molecule has 0 unspecified atom stereocenters. The van der Waals surface area contributed by atoms with E-state index in [2.05, 4.69) is 0 Å². The van der Waals surface area contributed by atoms with E-state index in [4.69, 9.17) is 15.9 Å². The Labute approximate surface area is 73.4 Å². The molecule has 5 heteroatoms. The fourth-order valence-electron chi connectivity index (χ4n) is 1.01. The lowest BCUT2D eigenvalue weighted by atomic mass is 10.1. The molecule has 1 aromatic carbocycles. The van der Waals surface area contributed by atoms with Crippen molar-refractivity contribution in [1.29, 1.82) is 0 Å². The molecule has 0 fully saturated rings. The van der Waals surface area contributed by atoms with Crippen LogP contribution >= 0.6 is 0 Å². The van der Waals surface area contributed by atoms with Crippen LogP contribution in [-0.4, -0.2) is 10.2 Å². The Kier molecular flexibility index (Phi) is 2.79. The zero-order chi connectivity index (χ0) is 10.0. The molecule has 0 aromatic heterocycles. The number of hydrogen-bond donors (Lipinski definition) is 3. The molecule has 0 aliphatic carbocycles. The molecule has 1 rings (SSSR count). The third-order valence-electron chi connectivity index (χ3n) is 1.73. The highest BCUT2D eigenvalue weighted by Crippen LogP contribution is 2.23. The van der Waals surface area contributed by atoms with E-state index in [1.807, 2.05) is 0 Å². The second kappa shape index (κ2) is 3.68. The third-order valence-corrected chi connectivity index (χ3v) is 1.73. The molecule has 1 aromatic rings. The first kappa shape index (κ1) is 9.88. The van der Waals surface area contributed by atoms with E-state index in [0.29, 0.717) is 0 Å². The first-order valence-corrected chi connectivity index (χ1v) is 3.58. The summed E-state index contributed by atoms with van der Waals surface area (Å²) in [6.07, 6.45) is 0. The molecule has 72 valence electrons. The van der Waals surface area contributed by atoms with Crippen molar-refractivity contribution in [2.75, 3.05) is 5.73 Å². The number of hydrogen-bond acceptors (Lipinski definition) is 3. The SMILES string of the molecule is Nc1c(F)c(CO)cc(CO)c1F. The average molecular weight is 189 g/mol. The van der Waals surface area contributed by atoms with Crippen molar-refractivity contribution in [1.82, 2.24) is 0 Å². The lowest BCUT2D eigenvalue weighted by molar-refractivity contribution is 0.267. The Bertz CT molecular complexity index is 300. The molecule has 0 radical (unpaired) electrons. The van der Waals surface area contributed by atoms with E-state index >= 15 is 0 Å². The van der Waals surface area contributed by atoms with Crippen LogP contribution < -0.4 is 5.73 Å². The molecule has 4 N–H and O–H groups in total. The number of anilines is 1. The van der Waals surface area contributed by atoms with Crippen molar-refractivity contribution in [2.45, 2.75) is 13.2 Å². The first-order valence-electron chi connectivity index (χ1n) is 3.58. The molecule has 0 aliphatic rings. The van der Waals surface area contributed by atoms with E-state index in [9.17, 15) is 8.78 Å². The van der Waals surface area contributed by atoms with Gasteiger partial charge in [0.25, 0.3) is 0 Å². The van der Waals surface area contributed by atoms with Crippen molar-refractivity contribution in [3.05, 3.63) is 28.8 Å². The Morgan fingerprint density at radius 2 is 1.46 bits per heavy atom. The van der Waals surface area contributed by atoms with Gasteiger partial charge in [-0.15, -0.1) is 0 Å². The second-order valence-electron chi connectivity index (χ2n) is 2.55. The number of nitrogen functional groups attached to an aromatic ring is 1. The average Bonchev–Trinajstić information content (AvgIpc) is 2.15. The van der Waals surface area contributed by atoms with Crippen LogP contribution in [0.15, 0.2) is 6.07 Å². The van der Waals surface area contributed by atoms with Gasteiger partial charge >= 0.3 is 0 Å². The molecule has 0 bridgehead atoms. The van der Waals surface area contributed by atoms with E-state index in [1.165, 1.54) is 0 Å². The zero-order valence-electron chi connectivity index (χ0n) is 6.72. The molecule has 0 spiro atoms. The summed E-state index contributed by atoms with van der Waals surface area (Å²) in [6, 6.07) is 1.04. The number of aliphatic hydroxyl groups excluding tert-OH is 2. The first-order chi connectivity index (χ1) is 6.11. The quantitative estimate of drug-likeness (QED) is 0.594. The molecular weight excluding hydrogens is 180 g/mol. The molecule has 0 heterocycles. The summed E-state index contributed by atoms with van der Waals surface area (Å²) in [7, 11) is 0. The minimum Gasteiger partial charge on any atom is -0.394 e. The summed E-state index contributed by atoms with van der Waals surface area (Å²) in [5.41, 5.74) is 4.15. The Morgan fingerprint density at radius 1 is 1.08 bits per heavy atom. The number of halogens is 2. The lowest BCUT2D eigenvalue weighted by Crippen LogP contribution is -2.04. The zero-order valence-corrected chi connectivity index (χ0v) is 6.72. The van der Waals surface area contributed by atoms with Crippen LogP contribution in [0.5, 0.6) is 0 Å². The molecule has 0 atom stereocenters. The predicted molar refractivity (Wildman–Crippen MR) is 42.6 cm³/mol. The highest BCUT2D eigenvalue weighted by atomic mass is 19.1. The topological polar surface area (TPSA) is 66.5 Å². The second-order valence-corrected chi connectivity index (χ2v) is 2.55. The summed E-state index contributed by atoms with van der Waals surface area (Å²) >= 11 is 0. The molecule has 0 amide bonds. The van der Waals surface area contributed by atoms with Gasteiger partial charge in [-0.3, -0.25) is 0 Å². The van der Waals surface area contributed by atoms with E-state index in [-0.39, 0.29) is 11.1 Å². The lowest BCUT2D eigenvalue weighted by Gasteiger charge is -2.07. The third kappa shape index (κ3) is 1.61. The minimum absolute atomic E-state index is 0.122. The van der Waals surface area contributed by atoms with Crippen molar-refractivity contribution >= 4 is 5.69 Å². The Morgan fingerprint density at radius 3 is 1.77 bits per heavy atom. The summed E-state index contributed by atoms with van der Waals surface area (Å²) < 4.78 is 25.9. The van der Waals surface area contributed by atoms with Gasteiger partial charge in [-0.1, -0.05) is 0 Å². The Balaban J connectivity index is 3.36. The summed E-state index contributed by atoms with van der Waals surface area (Å²) in [6.45, 7) is -1.16. The van der Waals surface area contributed by atoms with Gasteiger partial charge in [-0.2, -0.15) is 0 Å². The number of benzene rings is 1. The molecule has 0 saturated carbocycles. The van der Waals surface area contributed by atoms with Gasteiger partial charge in [0.1, 0.15) is 5.69 Å². The van der Waals surface area contributed by atoms with Crippen LogP contribution in [0, 0.1) is 11.6 Å². The molecule has 3 nitrogen and oxygen atoms in total. The maximum absolute atomic E-state index is 13.0. The van der Waals surface area contributed by atoms with Crippen LogP contribution in [0.4, 0.5) is 14.5 Å². The van der Waals surface area contributed by atoms with Gasteiger partial charge in [0.15, 0.2) is 11.6 Å². The highest BCUT2D eigenvalue weighted by Gasteiger charge is 2.14. The smallest absolute Gasteiger partial charge is 0.154 e. The number of rotatable bonds is 2. The normalized spacial score (nSPS) is 10.5. The molecule has 0 saturated heterocycles. The maximum Gasteiger partial charge on any atom is 0.154 e. The van der Waals surface area contributed by atoms with Crippen molar-refractivity contribution in [2.24, 2.45) is 0 Å². The van der Waals surface area contributed by atoms with Gasteiger partial charge in [0.2, 0.25) is 0 Å². The van der Waals surface area contributed by atoms with Crippen LogP contribution in [0.1, 0.15) is 11.1 Å². The van der Waals surface area contributed by atoms with E-state index < -0.39 is 30.5 Å². The standard InChI is InChI=1S/C8H9F2NO2/c9-6-4(2-12)1-5(3-13)7(10)8(6)11/h1,12-13H,2-3,11H2. The van der Waals surface area contributed by atoms with Gasteiger partial charge in [0, 0.05) is 11.1 Å². The number of nitrogens with two attached hydrogens (primary N) is 1. The number of aliphatic hydroxyl groups is 2. The van der Waals surface area contributed by atoms with Gasteiger partial charge < -0.3 is 15.9 Å². The monoisotopic (exact) mass is 189 g/mol. The van der Waals surface area contributed by atoms with Crippen molar-refractivity contribution < 1.29 is 19.0 Å². The van der Waals surface area contributed by atoms with Crippen LogP contribution in [0.25, 0.3) is 0 Å². The minimum atomic E-state index is -0.975. The van der Waals surface area contributed by atoms with Crippen LogP contribution in [0.2, 0.25) is 0 Å². The van der Waals surface area contributed by atoms with E-state index in [1.54, 1.807) is 0 Å². The van der Waals surface area contributed by atoms with Crippen molar-refractivity contribution in [3.63, 3.8) is 0 Å². The van der Waals surface area contributed by atoms with Crippen molar-refractivity contribution in [3.8, 4) is 0 Å². The fraction of sp³-hybridized carbons (Fsp3) is 0.250.